The molecule has 0 spiro atoms. The Balaban J connectivity index is 2.58. The largest absolute Gasteiger partial charge is 0.444 e. The molecule has 0 aromatic heterocycles. The number of hydrogen-bond donors (Lipinski definition) is 2. The molecule has 0 unspecified atom stereocenters. The fraction of sp³-hybridized carbons (Fsp3) is 0.889. The minimum Gasteiger partial charge on any atom is -0.444 e. The van der Waals surface area contributed by atoms with Crippen LogP contribution in [0.1, 0.15) is 54.4 Å². The van der Waals surface area contributed by atoms with E-state index in [1.807, 2.05) is 41.5 Å². The monoisotopic (exact) mass is 358 g/mol. The Labute approximate surface area is 151 Å². The Hall–Kier alpha value is -1.50. The van der Waals surface area contributed by atoms with E-state index in [0.29, 0.717) is 32.5 Å². The van der Waals surface area contributed by atoms with Crippen molar-refractivity contribution >= 4 is 12.2 Å². The van der Waals surface area contributed by atoms with Crippen molar-refractivity contribution in [3.63, 3.8) is 0 Å². The SMILES string of the molecule is CC(C)(C)OC(=O)NC[C@@H]1CCN(C(=O)OC(C)(C)C)CC[C@H]1CO. The van der Waals surface area contributed by atoms with Crippen LogP contribution in [0.2, 0.25) is 0 Å². The van der Waals surface area contributed by atoms with Crippen molar-refractivity contribution in [2.75, 3.05) is 26.2 Å². The Bertz CT molecular complexity index is 453. The standard InChI is InChI=1S/C18H34N2O5/c1-17(2,3)24-15(22)19-11-13-7-9-20(10-8-14(13)12-21)16(23)25-18(4,5)6/h13-14,21H,7-12H2,1-6H3,(H,19,22)/t13-,14-/m0/s1. The summed E-state index contributed by atoms with van der Waals surface area (Å²) < 4.78 is 10.7. The first-order chi connectivity index (χ1) is 11.4. The average Bonchev–Trinajstić information content (AvgIpc) is 2.63. The predicted octanol–water partition coefficient (Wildman–Crippen LogP) is 2.77. The molecule has 2 N–H and O–H groups in total. The van der Waals surface area contributed by atoms with Gasteiger partial charge in [0.15, 0.2) is 0 Å². The normalized spacial score (nSPS) is 22.1. The molecule has 7 nitrogen and oxygen atoms in total. The highest BCUT2D eigenvalue weighted by atomic mass is 16.6. The molecule has 1 fully saturated rings. The second kappa shape index (κ2) is 8.74. The number of carbonyl (C=O) groups is 2. The Morgan fingerprint density at radius 1 is 1.00 bits per heavy atom. The number of amides is 2. The highest BCUT2D eigenvalue weighted by Crippen LogP contribution is 2.25. The smallest absolute Gasteiger partial charge is 0.410 e. The van der Waals surface area contributed by atoms with Gasteiger partial charge in [-0.3, -0.25) is 0 Å². The van der Waals surface area contributed by atoms with Crippen LogP contribution in [0.5, 0.6) is 0 Å². The molecule has 1 aliphatic rings. The minimum atomic E-state index is -0.544. The predicted molar refractivity (Wildman–Crippen MR) is 95.3 cm³/mol. The van der Waals surface area contributed by atoms with Crippen LogP contribution in [-0.2, 0) is 9.47 Å². The minimum absolute atomic E-state index is 0.0300. The molecule has 0 aromatic rings. The van der Waals surface area contributed by atoms with E-state index in [0.717, 1.165) is 0 Å². The van der Waals surface area contributed by atoms with Crippen LogP contribution in [0.25, 0.3) is 0 Å². The second-order valence-electron chi connectivity index (χ2n) is 8.63. The summed E-state index contributed by atoms with van der Waals surface area (Å²) in [5.41, 5.74) is -1.07. The first-order valence-corrected chi connectivity index (χ1v) is 8.97. The highest BCUT2D eigenvalue weighted by molar-refractivity contribution is 5.68. The average molecular weight is 358 g/mol. The van der Waals surface area contributed by atoms with Crippen LogP contribution < -0.4 is 5.32 Å². The third kappa shape index (κ3) is 8.43. The number of nitrogens with zero attached hydrogens (tertiary/aromatic N) is 1. The molecule has 1 rings (SSSR count). The fourth-order valence-electron chi connectivity index (χ4n) is 2.77. The molecule has 2 amide bonds. The third-order valence-electron chi connectivity index (χ3n) is 4.00. The summed E-state index contributed by atoms with van der Waals surface area (Å²) in [6.45, 7) is 12.5. The topological polar surface area (TPSA) is 88.1 Å². The quantitative estimate of drug-likeness (QED) is 0.810. The van der Waals surface area contributed by atoms with Crippen LogP contribution in [0, 0.1) is 11.8 Å². The number of likely N-dealkylation sites (tertiary alicyclic amines) is 1. The third-order valence-corrected chi connectivity index (χ3v) is 4.00. The number of aliphatic hydroxyl groups excluding tert-OH is 1. The first-order valence-electron chi connectivity index (χ1n) is 8.97. The second-order valence-corrected chi connectivity index (χ2v) is 8.63. The lowest BCUT2D eigenvalue weighted by atomic mass is 9.88. The van der Waals surface area contributed by atoms with Gasteiger partial charge < -0.3 is 24.8 Å². The van der Waals surface area contributed by atoms with Gasteiger partial charge in [-0.25, -0.2) is 9.59 Å². The number of aliphatic hydroxyl groups is 1. The Morgan fingerprint density at radius 2 is 1.52 bits per heavy atom. The molecule has 2 atom stereocenters. The van der Waals surface area contributed by atoms with E-state index in [2.05, 4.69) is 5.32 Å². The van der Waals surface area contributed by atoms with E-state index in [1.54, 1.807) is 4.90 Å². The number of alkyl carbamates (subject to hydrolysis) is 1. The summed E-state index contributed by atoms with van der Waals surface area (Å²) in [5, 5.41) is 12.4. The van der Waals surface area contributed by atoms with E-state index in [9.17, 15) is 14.7 Å². The van der Waals surface area contributed by atoms with E-state index in [4.69, 9.17) is 9.47 Å². The number of hydrogen-bond acceptors (Lipinski definition) is 5. The molecule has 1 saturated heterocycles. The number of ether oxygens (including phenoxy) is 2. The molecule has 146 valence electrons. The van der Waals surface area contributed by atoms with Crippen molar-refractivity contribution in [2.24, 2.45) is 11.8 Å². The van der Waals surface area contributed by atoms with Gasteiger partial charge in [0.25, 0.3) is 0 Å². The zero-order chi connectivity index (χ0) is 19.3. The van der Waals surface area contributed by atoms with Crippen LogP contribution in [0.4, 0.5) is 9.59 Å². The molecule has 1 heterocycles. The molecule has 0 aromatic carbocycles. The summed E-state index contributed by atoms with van der Waals surface area (Å²) >= 11 is 0. The van der Waals surface area contributed by atoms with Gasteiger partial charge in [0.1, 0.15) is 11.2 Å². The maximum Gasteiger partial charge on any atom is 0.410 e. The molecular weight excluding hydrogens is 324 g/mol. The summed E-state index contributed by atoms with van der Waals surface area (Å²) in [6.07, 6.45) is 0.582. The molecular formula is C18H34N2O5. The Morgan fingerprint density at radius 3 is 2.00 bits per heavy atom. The van der Waals surface area contributed by atoms with Gasteiger partial charge in [0.05, 0.1) is 0 Å². The number of carbonyl (C=O) groups excluding carboxylic acids is 2. The molecule has 0 bridgehead atoms. The maximum absolute atomic E-state index is 12.2. The lowest BCUT2D eigenvalue weighted by Gasteiger charge is -2.26. The van der Waals surface area contributed by atoms with Crippen LogP contribution in [-0.4, -0.2) is 59.6 Å². The molecule has 1 aliphatic heterocycles. The molecule has 0 saturated carbocycles. The van der Waals surface area contributed by atoms with E-state index >= 15 is 0 Å². The number of nitrogens with one attached hydrogen (secondary N) is 1. The van der Waals surface area contributed by atoms with Crippen molar-refractivity contribution in [3.8, 4) is 0 Å². The molecule has 7 heteroatoms. The maximum atomic E-state index is 12.2. The van der Waals surface area contributed by atoms with Crippen molar-refractivity contribution in [1.82, 2.24) is 10.2 Å². The van der Waals surface area contributed by atoms with E-state index < -0.39 is 17.3 Å². The van der Waals surface area contributed by atoms with E-state index in [-0.39, 0.29) is 24.5 Å². The zero-order valence-electron chi connectivity index (χ0n) is 16.4. The number of rotatable bonds is 3. The first kappa shape index (κ1) is 21.5. The summed E-state index contributed by atoms with van der Waals surface area (Å²) in [6, 6.07) is 0. The summed E-state index contributed by atoms with van der Waals surface area (Å²) in [4.78, 5) is 25.8. The van der Waals surface area contributed by atoms with Crippen LogP contribution in [0.15, 0.2) is 0 Å². The molecule has 0 aliphatic carbocycles. The van der Waals surface area contributed by atoms with Gasteiger partial charge in [-0.15, -0.1) is 0 Å². The fourth-order valence-corrected chi connectivity index (χ4v) is 2.77. The lowest BCUT2D eigenvalue weighted by molar-refractivity contribution is 0.0252. The summed E-state index contributed by atoms with van der Waals surface area (Å²) in [5.74, 6) is 0.118. The van der Waals surface area contributed by atoms with Crippen molar-refractivity contribution in [1.29, 1.82) is 0 Å². The van der Waals surface area contributed by atoms with Gasteiger partial charge in [-0.05, 0) is 66.2 Å². The van der Waals surface area contributed by atoms with Gasteiger partial charge in [-0.2, -0.15) is 0 Å². The zero-order valence-corrected chi connectivity index (χ0v) is 16.4. The van der Waals surface area contributed by atoms with Crippen molar-refractivity contribution in [3.05, 3.63) is 0 Å². The van der Waals surface area contributed by atoms with Gasteiger partial charge in [-0.1, -0.05) is 0 Å². The van der Waals surface area contributed by atoms with Gasteiger partial charge in [0, 0.05) is 26.2 Å². The lowest BCUT2D eigenvalue weighted by Crippen LogP contribution is -2.38. The highest BCUT2D eigenvalue weighted by Gasteiger charge is 2.30. The van der Waals surface area contributed by atoms with Crippen LogP contribution >= 0.6 is 0 Å². The van der Waals surface area contributed by atoms with Crippen molar-refractivity contribution < 1.29 is 24.2 Å². The molecule has 0 radical (unpaired) electrons. The Kier molecular flexibility index (Phi) is 7.53. The van der Waals surface area contributed by atoms with Crippen LogP contribution in [0.3, 0.4) is 0 Å². The van der Waals surface area contributed by atoms with Crippen molar-refractivity contribution in [2.45, 2.75) is 65.6 Å². The van der Waals surface area contributed by atoms with E-state index in [1.165, 1.54) is 0 Å². The molecule has 25 heavy (non-hydrogen) atoms. The van der Waals surface area contributed by atoms with Gasteiger partial charge >= 0.3 is 12.2 Å². The summed E-state index contributed by atoms with van der Waals surface area (Å²) in [7, 11) is 0. The van der Waals surface area contributed by atoms with Gasteiger partial charge in [0.2, 0.25) is 0 Å².